The van der Waals surface area contributed by atoms with Gasteiger partial charge < -0.3 is 31.5 Å². The molecule has 0 saturated heterocycles. The summed E-state index contributed by atoms with van der Waals surface area (Å²) in [5.74, 6) is -1.65. The minimum absolute atomic E-state index is 0.0855. The van der Waals surface area contributed by atoms with Gasteiger partial charge in [0.05, 0.1) is 6.20 Å². The van der Waals surface area contributed by atoms with Gasteiger partial charge in [0.1, 0.15) is 5.69 Å². The van der Waals surface area contributed by atoms with Gasteiger partial charge in [0.25, 0.3) is 0 Å². The van der Waals surface area contributed by atoms with Gasteiger partial charge in [-0.15, -0.1) is 0 Å². The number of carboxylic acid groups (broad SMARTS) is 1. The van der Waals surface area contributed by atoms with Crippen LogP contribution in [0.15, 0.2) is 65.3 Å². The molecule has 3 rings (SSSR count). The number of anilines is 4. The van der Waals surface area contributed by atoms with Crippen molar-refractivity contribution in [3.8, 4) is 5.88 Å². The zero-order valence-electron chi connectivity index (χ0n) is 15.3. The normalized spacial score (nSPS) is 11.2. The maximum absolute atomic E-state index is 12.2. The Bertz CT molecular complexity index is 1030. The molecule has 0 unspecified atom stereocenters. The fraction of sp³-hybridized carbons (Fsp3) is 0.0526. The van der Waals surface area contributed by atoms with Crippen LogP contribution in [0.4, 0.5) is 27.8 Å². The van der Waals surface area contributed by atoms with Crippen LogP contribution in [-0.4, -0.2) is 38.3 Å². The summed E-state index contributed by atoms with van der Waals surface area (Å²) >= 11 is 3.33. The van der Waals surface area contributed by atoms with Gasteiger partial charge >= 0.3 is 12.0 Å². The number of urea groups is 1. The second kappa shape index (κ2) is 9.56. The molecule has 0 spiro atoms. The molecule has 1 atom stereocenters. The van der Waals surface area contributed by atoms with Gasteiger partial charge in [-0.2, -0.15) is 4.98 Å². The molecule has 11 heteroatoms. The lowest BCUT2D eigenvalue weighted by Gasteiger charge is -2.17. The zero-order valence-corrected chi connectivity index (χ0v) is 16.9. The number of para-hydroxylation sites is 1. The molecule has 154 valence electrons. The zero-order chi connectivity index (χ0) is 21.5. The third-order valence-electron chi connectivity index (χ3n) is 3.72. The summed E-state index contributed by atoms with van der Waals surface area (Å²) in [7, 11) is 0. The first-order valence-corrected chi connectivity index (χ1v) is 9.40. The summed E-state index contributed by atoms with van der Waals surface area (Å²) in [4.78, 5) is 31.5. The highest BCUT2D eigenvalue weighted by Crippen LogP contribution is 2.23. The summed E-state index contributed by atoms with van der Waals surface area (Å²) in [6.07, 6.45) is -0.197. The largest absolute Gasteiger partial charge is 0.492 e. The highest BCUT2D eigenvalue weighted by molar-refractivity contribution is 9.10. The number of amides is 2. The molecular weight excluding hydrogens is 456 g/mol. The maximum Gasteiger partial charge on any atom is 0.347 e. The molecule has 1 aromatic heterocycles. The molecule has 10 nitrogen and oxygen atoms in total. The second-order valence-corrected chi connectivity index (χ2v) is 6.86. The van der Waals surface area contributed by atoms with Crippen molar-refractivity contribution < 1.29 is 19.8 Å². The van der Waals surface area contributed by atoms with E-state index in [2.05, 4.69) is 47.2 Å². The van der Waals surface area contributed by atoms with Crippen molar-refractivity contribution in [3.05, 3.63) is 65.3 Å². The molecule has 0 aliphatic heterocycles. The Morgan fingerprint density at radius 2 is 1.70 bits per heavy atom. The first-order valence-electron chi connectivity index (χ1n) is 8.61. The van der Waals surface area contributed by atoms with E-state index in [1.807, 2.05) is 12.1 Å². The van der Waals surface area contributed by atoms with Crippen molar-refractivity contribution in [2.75, 3.05) is 16.0 Å². The van der Waals surface area contributed by atoms with Gasteiger partial charge in [-0.05, 0) is 36.4 Å². The lowest BCUT2D eigenvalue weighted by Crippen LogP contribution is -2.47. The summed E-state index contributed by atoms with van der Waals surface area (Å²) in [5, 5.41) is 29.5. The van der Waals surface area contributed by atoms with Crippen molar-refractivity contribution in [2.45, 2.75) is 6.17 Å². The number of aromatic nitrogens is 2. The van der Waals surface area contributed by atoms with E-state index in [9.17, 15) is 19.8 Å². The fourth-order valence-corrected chi connectivity index (χ4v) is 2.60. The van der Waals surface area contributed by atoms with Crippen LogP contribution in [-0.2, 0) is 4.79 Å². The van der Waals surface area contributed by atoms with Gasteiger partial charge in [-0.1, -0.05) is 34.1 Å². The molecule has 0 bridgehead atoms. The highest BCUT2D eigenvalue weighted by atomic mass is 79.9. The number of halogens is 1. The average molecular weight is 473 g/mol. The average Bonchev–Trinajstić information content (AvgIpc) is 2.72. The molecule has 0 saturated carbocycles. The number of rotatable bonds is 7. The van der Waals surface area contributed by atoms with Crippen LogP contribution in [0.3, 0.4) is 0 Å². The molecule has 2 amide bonds. The van der Waals surface area contributed by atoms with Gasteiger partial charge in [-0.25, -0.2) is 14.6 Å². The van der Waals surface area contributed by atoms with Crippen molar-refractivity contribution in [1.29, 1.82) is 0 Å². The lowest BCUT2D eigenvalue weighted by atomic mass is 10.3. The van der Waals surface area contributed by atoms with E-state index < -0.39 is 24.0 Å². The van der Waals surface area contributed by atoms with Gasteiger partial charge in [0, 0.05) is 15.8 Å². The Morgan fingerprint density at radius 1 is 1.00 bits per heavy atom. The van der Waals surface area contributed by atoms with E-state index in [4.69, 9.17) is 0 Å². The van der Waals surface area contributed by atoms with E-state index in [0.717, 1.165) is 4.47 Å². The van der Waals surface area contributed by atoms with E-state index in [0.29, 0.717) is 11.4 Å². The minimum atomic E-state index is -1.39. The number of aliphatic carboxylic acids is 1. The standard InChI is InChI=1S/C19H17BrN6O4/c20-11-6-8-13(9-7-11)23-18-21-10-14(16(27)26-18)24-19(30)25-15(17(28)29)22-12-4-2-1-3-5-12/h1-10,15,22H,(H,28,29)(H2,24,25,30)(H2,21,23,26,27)/t15-/m0/s1. The van der Waals surface area contributed by atoms with Crippen LogP contribution in [0.5, 0.6) is 5.88 Å². The van der Waals surface area contributed by atoms with Gasteiger partial charge in [0.2, 0.25) is 18.0 Å². The van der Waals surface area contributed by atoms with Crippen LogP contribution in [0.2, 0.25) is 0 Å². The van der Waals surface area contributed by atoms with Crippen LogP contribution in [0.25, 0.3) is 0 Å². The molecular formula is C19H17BrN6O4. The van der Waals surface area contributed by atoms with Crippen molar-refractivity contribution in [2.24, 2.45) is 0 Å². The third kappa shape index (κ3) is 5.82. The number of carbonyl (C=O) groups is 2. The Kier molecular flexibility index (Phi) is 6.65. The predicted octanol–water partition coefficient (Wildman–Crippen LogP) is 3.33. The molecule has 0 fully saturated rings. The van der Waals surface area contributed by atoms with Crippen LogP contribution >= 0.6 is 15.9 Å². The topological polar surface area (TPSA) is 148 Å². The van der Waals surface area contributed by atoms with Crippen LogP contribution < -0.4 is 21.3 Å². The van der Waals surface area contributed by atoms with E-state index in [-0.39, 0.29) is 11.6 Å². The van der Waals surface area contributed by atoms with Gasteiger partial charge in [-0.3, -0.25) is 0 Å². The molecule has 3 aromatic rings. The molecule has 1 heterocycles. The Hall–Kier alpha value is -3.86. The fourth-order valence-electron chi connectivity index (χ4n) is 2.33. The van der Waals surface area contributed by atoms with E-state index in [1.165, 1.54) is 6.20 Å². The lowest BCUT2D eigenvalue weighted by molar-refractivity contribution is -0.138. The Morgan fingerprint density at radius 3 is 2.33 bits per heavy atom. The van der Waals surface area contributed by atoms with Crippen LogP contribution in [0, 0.1) is 0 Å². The number of hydrogen-bond acceptors (Lipinski definition) is 7. The molecule has 0 aliphatic carbocycles. The van der Waals surface area contributed by atoms with E-state index >= 15 is 0 Å². The smallest absolute Gasteiger partial charge is 0.347 e. The molecule has 2 aromatic carbocycles. The van der Waals surface area contributed by atoms with E-state index in [1.54, 1.807) is 42.5 Å². The first-order chi connectivity index (χ1) is 14.4. The molecule has 6 N–H and O–H groups in total. The Balaban J connectivity index is 1.62. The van der Waals surface area contributed by atoms with Crippen LogP contribution in [0.1, 0.15) is 0 Å². The summed E-state index contributed by atoms with van der Waals surface area (Å²) < 4.78 is 0.906. The number of carbonyl (C=O) groups excluding carboxylic acids is 1. The quantitative estimate of drug-likeness (QED) is 0.286. The predicted molar refractivity (Wildman–Crippen MR) is 115 cm³/mol. The monoisotopic (exact) mass is 472 g/mol. The molecule has 0 aliphatic rings. The SMILES string of the molecule is O=C(Nc1cnc(Nc2ccc(Br)cc2)nc1O)N[C@H](Nc1ccccc1)C(=O)O. The summed E-state index contributed by atoms with van der Waals surface area (Å²) in [6.45, 7) is 0. The number of aromatic hydroxyl groups is 1. The summed E-state index contributed by atoms with van der Waals surface area (Å²) in [5.41, 5.74) is 1.13. The third-order valence-corrected chi connectivity index (χ3v) is 4.25. The maximum atomic E-state index is 12.2. The van der Waals surface area contributed by atoms with Crippen molar-refractivity contribution >= 4 is 50.9 Å². The minimum Gasteiger partial charge on any atom is -0.492 e. The number of benzene rings is 2. The second-order valence-electron chi connectivity index (χ2n) is 5.94. The number of nitrogens with one attached hydrogen (secondary N) is 4. The number of hydrogen-bond donors (Lipinski definition) is 6. The first kappa shape index (κ1) is 20.9. The Labute approximate surface area is 179 Å². The molecule has 0 radical (unpaired) electrons. The van der Waals surface area contributed by atoms with Crippen molar-refractivity contribution in [1.82, 2.24) is 15.3 Å². The summed E-state index contributed by atoms with van der Waals surface area (Å²) in [6, 6.07) is 14.9. The highest BCUT2D eigenvalue weighted by Gasteiger charge is 2.20. The van der Waals surface area contributed by atoms with Gasteiger partial charge in [0.15, 0.2) is 0 Å². The number of carboxylic acids is 1. The number of nitrogens with zero attached hydrogens (tertiary/aromatic N) is 2. The van der Waals surface area contributed by atoms with Crippen molar-refractivity contribution in [3.63, 3.8) is 0 Å². The molecule has 30 heavy (non-hydrogen) atoms.